The van der Waals surface area contributed by atoms with Crippen molar-refractivity contribution >= 4 is 0 Å². The predicted molar refractivity (Wildman–Crippen MR) is 85.6 cm³/mol. The summed E-state index contributed by atoms with van der Waals surface area (Å²) < 4.78 is 5.82. The lowest BCUT2D eigenvalue weighted by Gasteiger charge is -2.38. The highest BCUT2D eigenvalue weighted by Crippen LogP contribution is 2.29. The molecule has 3 unspecified atom stereocenters. The highest BCUT2D eigenvalue weighted by Gasteiger charge is 2.32. The zero-order chi connectivity index (χ0) is 14.9. The number of ether oxygens (including phenoxy) is 1. The maximum atomic E-state index is 5.82. The molecule has 0 fully saturated rings. The number of unbranched alkanes of at least 4 members (excludes halogenated alkanes) is 1. The summed E-state index contributed by atoms with van der Waals surface area (Å²) >= 11 is 0. The first-order valence-electron chi connectivity index (χ1n) is 8.16. The average molecular weight is 271 g/mol. The van der Waals surface area contributed by atoms with Gasteiger partial charge >= 0.3 is 0 Å². The van der Waals surface area contributed by atoms with Crippen molar-refractivity contribution in [3.05, 3.63) is 0 Å². The van der Waals surface area contributed by atoms with E-state index in [2.05, 4.69) is 46.9 Å². The van der Waals surface area contributed by atoms with E-state index >= 15 is 0 Å². The van der Waals surface area contributed by atoms with E-state index in [4.69, 9.17) is 4.74 Å². The second-order valence-electron chi connectivity index (χ2n) is 6.84. The van der Waals surface area contributed by atoms with Crippen molar-refractivity contribution in [2.24, 2.45) is 11.3 Å². The lowest BCUT2D eigenvalue weighted by Crippen LogP contribution is -2.48. The molecule has 19 heavy (non-hydrogen) atoms. The van der Waals surface area contributed by atoms with E-state index in [1.165, 1.54) is 32.1 Å². The largest absolute Gasteiger partial charge is 0.379 e. The van der Waals surface area contributed by atoms with Crippen LogP contribution in [0.1, 0.15) is 73.6 Å². The van der Waals surface area contributed by atoms with Gasteiger partial charge in [0.2, 0.25) is 0 Å². The Hall–Kier alpha value is -0.0800. The zero-order valence-corrected chi connectivity index (χ0v) is 14.4. The van der Waals surface area contributed by atoms with Gasteiger partial charge in [0.25, 0.3) is 0 Å². The zero-order valence-electron chi connectivity index (χ0n) is 14.4. The molecule has 0 aliphatic heterocycles. The van der Waals surface area contributed by atoms with Crippen LogP contribution in [0.2, 0.25) is 0 Å². The first-order chi connectivity index (χ1) is 8.90. The van der Waals surface area contributed by atoms with Crippen molar-refractivity contribution in [3.8, 4) is 0 Å². The van der Waals surface area contributed by atoms with Gasteiger partial charge in [-0.05, 0) is 24.3 Å². The molecular weight excluding hydrogens is 234 g/mol. The van der Waals surface area contributed by atoms with Crippen molar-refractivity contribution in [1.29, 1.82) is 0 Å². The molecule has 0 saturated heterocycles. The maximum absolute atomic E-state index is 5.82. The minimum absolute atomic E-state index is 0.185. The van der Waals surface area contributed by atoms with Crippen LogP contribution in [0.5, 0.6) is 0 Å². The molecule has 0 aromatic carbocycles. The summed E-state index contributed by atoms with van der Waals surface area (Å²) in [4.78, 5) is 0. The molecule has 0 spiro atoms. The lowest BCUT2D eigenvalue weighted by molar-refractivity contribution is -0.0170. The van der Waals surface area contributed by atoms with Gasteiger partial charge < -0.3 is 10.1 Å². The first-order valence-corrected chi connectivity index (χ1v) is 8.16. The Balaban J connectivity index is 4.68. The fourth-order valence-corrected chi connectivity index (χ4v) is 3.04. The molecule has 0 heterocycles. The van der Waals surface area contributed by atoms with Gasteiger partial charge in [-0.1, -0.05) is 67.2 Å². The molecule has 0 bridgehead atoms. The number of hydrogen-bond donors (Lipinski definition) is 1. The summed E-state index contributed by atoms with van der Waals surface area (Å²) in [6.07, 6.45) is 6.81. The summed E-state index contributed by atoms with van der Waals surface area (Å²) in [5.41, 5.74) is 0.185. The van der Waals surface area contributed by atoms with E-state index in [0.29, 0.717) is 6.04 Å². The minimum Gasteiger partial charge on any atom is -0.379 e. The van der Waals surface area contributed by atoms with Crippen LogP contribution in [0.3, 0.4) is 0 Å². The molecule has 3 atom stereocenters. The molecule has 0 aromatic rings. The van der Waals surface area contributed by atoms with Gasteiger partial charge in [0, 0.05) is 13.2 Å². The molecule has 0 saturated carbocycles. The second kappa shape index (κ2) is 9.77. The van der Waals surface area contributed by atoms with Gasteiger partial charge in [-0.3, -0.25) is 0 Å². The van der Waals surface area contributed by atoms with Crippen LogP contribution < -0.4 is 5.32 Å². The van der Waals surface area contributed by atoms with Gasteiger partial charge in [0.05, 0.1) is 6.10 Å². The van der Waals surface area contributed by atoms with Crippen LogP contribution in [0.15, 0.2) is 0 Å². The van der Waals surface area contributed by atoms with Crippen LogP contribution in [-0.2, 0) is 4.74 Å². The van der Waals surface area contributed by atoms with Crippen molar-refractivity contribution < 1.29 is 4.74 Å². The average Bonchev–Trinajstić information content (AvgIpc) is 2.33. The van der Waals surface area contributed by atoms with Gasteiger partial charge in [0.1, 0.15) is 0 Å². The quantitative estimate of drug-likeness (QED) is 0.625. The monoisotopic (exact) mass is 271 g/mol. The molecule has 0 radical (unpaired) electrons. The fraction of sp³-hybridized carbons (Fsp3) is 1.00. The molecule has 0 aliphatic carbocycles. The van der Waals surface area contributed by atoms with Crippen LogP contribution in [0.4, 0.5) is 0 Å². The number of methoxy groups -OCH3 is 1. The molecule has 1 N–H and O–H groups in total. The number of rotatable bonds is 10. The number of hydrogen-bond acceptors (Lipinski definition) is 2. The van der Waals surface area contributed by atoms with Gasteiger partial charge in [-0.15, -0.1) is 0 Å². The van der Waals surface area contributed by atoms with Crippen molar-refractivity contribution in [1.82, 2.24) is 5.32 Å². The third-order valence-electron chi connectivity index (χ3n) is 4.07. The molecule has 0 rings (SSSR count). The van der Waals surface area contributed by atoms with Crippen LogP contribution >= 0.6 is 0 Å². The van der Waals surface area contributed by atoms with Crippen LogP contribution in [0, 0.1) is 11.3 Å². The fourth-order valence-electron chi connectivity index (χ4n) is 3.04. The predicted octanol–water partition coefficient (Wildman–Crippen LogP) is 4.63. The van der Waals surface area contributed by atoms with Crippen LogP contribution in [0.25, 0.3) is 0 Å². The highest BCUT2D eigenvalue weighted by atomic mass is 16.5. The van der Waals surface area contributed by atoms with Crippen molar-refractivity contribution in [3.63, 3.8) is 0 Å². The molecule has 2 nitrogen and oxygen atoms in total. The summed E-state index contributed by atoms with van der Waals surface area (Å²) in [5.74, 6) is 0.823. The topological polar surface area (TPSA) is 21.3 Å². The van der Waals surface area contributed by atoms with E-state index in [0.717, 1.165) is 12.5 Å². The van der Waals surface area contributed by atoms with E-state index in [1.807, 2.05) is 7.11 Å². The third-order valence-corrected chi connectivity index (χ3v) is 4.07. The molecule has 116 valence electrons. The maximum Gasteiger partial charge on any atom is 0.0772 e. The summed E-state index contributed by atoms with van der Waals surface area (Å²) in [6, 6.07) is 0.469. The Morgan fingerprint density at radius 3 is 2.11 bits per heavy atom. The Morgan fingerprint density at radius 2 is 1.74 bits per heavy atom. The molecule has 2 heteroatoms. The summed E-state index contributed by atoms with van der Waals surface area (Å²) in [6.45, 7) is 14.6. The van der Waals surface area contributed by atoms with Crippen LogP contribution in [-0.4, -0.2) is 25.8 Å². The standard InChI is InChI=1S/C17H37NO/c1-8-11-12-14(9-2)13-15(18-10-3)16(19-7)17(4,5)6/h14-16,18H,8-13H2,1-7H3. The Labute approximate surface area is 121 Å². The second-order valence-corrected chi connectivity index (χ2v) is 6.84. The lowest BCUT2D eigenvalue weighted by atomic mass is 9.80. The SMILES string of the molecule is CCCCC(CC)CC(NCC)C(OC)C(C)(C)C. The smallest absolute Gasteiger partial charge is 0.0772 e. The number of likely N-dealkylation sites (N-methyl/N-ethyl adjacent to an activating group) is 1. The Kier molecular flexibility index (Phi) is 9.72. The van der Waals surface area contributed by atoms with Gasteiger partial charge in [-0.2, -0.15) is 0 Å². The minimum atomic E-state index is 0.185. The third kappa shape index (κ3) is 7.31. The summed E-state index contributed by atoms with van der Waals surface area (Å²) in [7, 11) is 1.85. The van der Waals surface area contributed by atoms with E-state index in [9.17, 15) is 0 Å². The molecular formula is C17H37NO. The Morgan fingerprint density at radius 1 is 1.11 bits per heavy atom. The molecule has 0 amide bonds. The van der Waals surface area contributed by atoms with E-state index in [1.54, 1.807) is 0 Å². The normalized spacial score (nSPS) is 17.2. The Bertz CT molecular complexity index is 210. The summed E-state index contributed by atoms with van der Waals surface area (Å²) in [5, 5.41) is 3.66. The highest BCUT2D eigenvalue weighted by molar-refractivity contribution is 4.87. The van der Waals surface area contributed by atoms with Gasteiger partial charge in [-0.25, -0.2) is 0 Å². The molecule has 0 aromatic heterocycles. The van der Waals surface area contributed by atoms with Gasteiger partial charge in [0.15, 0.2) is 0 Å². The van der Waals surface area contributed by atoms with E-state index < -0.39 is 0 Å². The molecule has 0 aliphatic rings. The van der Waals surface area contributed by atoms with E-state index in [-0.39, 0.29) is 11.5 Å². The van der Waals surface area contributed by atoms with Crippen molar-refractivity contribution in [2.45, 2.75) is 85.8 Å². The number of nitrogens with one attached hydrogen (secondary N) is 1. The first kappa shape index (κ1) is 18.9. The van der Waals surface area contributed by atoms with Crippen molar-refractivity contribution in [2.75, 3.05) is 13.7 Å².